The van der Waals surface area contributed by atoms with E-state index < -0.39 is 17.4 Å². The second kappa shape index (κ2) is 8.15. The van der Waals surface area contributed by atoms with Crippen molar-refractivity contribution in [3.8, 4) is 5.75 Å². The van der Waals surface area contributed by atoms with Crippen molar-refractivity contribution >= 4 is 11.9 Å². The van der Waals surface area contributed by atoms with Gasteiger partial charge in [-0.3, -0.25) is 9.59 Å². The Labute approximate surface area is 140 Å². The summed E-state index contributed by atoms with van der Waals surface area (Å²) in [5, 5.41) is 19.1. The van der Waals surface area contributed by atoms with Crippen LogP contribution < -0.4 is 4.74 Å². The van der Waals surface area contributed by atoms with E-state index in [4.69, 9.17) is 4.74 Å². The minimum Gasteiger partial charge on any atom is -0.494 e. The zero-order chi connectivity index (χ0) is 17.4. The fourth-order valence-corrected chi connectivity index (χ4v) is 2.51. The molecule has 0 saturated carbocycles. The van der Waals surface area contributed by atoms with E-state index in [1.165, 1.54) is 0 Å². The first-order valence-electron chi connectivity index (χ1n) is 7.73. The maximum Gasteiger partial charge on any atom is 0.321 e. The number of ether oxygens (including phenoxy) is 1. The lowest BCUT2D eigenvalue weighted by Gasteiger charge is -2.25. The van der Waals surface area contributed by atoms with Crippen molar-refractivity contribution in [3.63, 3.8) is 0 Å². The fourth-order valence-electron chi connectivity index (χ4n) is 2.51. The van der Waals surface area contributed by atoms with Crippen LogP contribution in [0.1, 0.15) is 18.4 Å². The topological polar surface area (TPSA) is 83.8 Å². The van der Waals surface area contributed by atoms with Crippen LogP contribution in [0.15, 0.2) is 60.7 Å². The number of para-hydroxylation sites is 1. The third-order valence-corrected chi connectivity index (χ3v) is 4.04. The third-order valence-electron chi connectivity index (χ3n) is 4.04. The molecule has 2 aromatic rings. The molecule has 0 bridgehead atoms. The van der Waals surface area contributed by atoms with Crippen LogP contribution in [0.25, 0.3) is 0 Å². The van der Waals surface area contributed by atoms with E-state index in [2.05, 4.69) is 0 Å². The Morgan fingerprint density at radius 2 is 1.38 bits per heavy atom. The van der Waals surface area contributed by atoms with E-state index in [-0.39, 0.29) is 19.4 Å². The van der Waals surface area contributed by atoms with Gasteiger partial charge in [-0.1, -0.05) is 48.5 Å². The Morgan fingerprint density at radius 3 is 1.92 bits per heavy atom. The summed E-state index contributed by atoms with van der Waals surface area (Å²) in [6.45, 7) is 0.0252. The van der Waals surface area contributed by atoms with Gasteiger partial charge in [-0.15, -0.1) is 0 Å². The average Bonchev–Trinajstić information content (AvgIpc) is 2.59. The van der Waals surface area contributed by atoms with Gasteiger partial charge in [0, 0.05) is 6.42 Å². The van der Waals surface area contributed by atoms with Crippen LogP contribution in [0.3, 0.4) is 0 Å². The maximum absolute atomic E-state index is 11.7. The normalized spacial score (nSPS) is 11.0. The highest BCUT2D eigenvalue weighted by Crippen LogP contribution is 2.30. The molecule has 5 nitrogen and oxygen atoms in total. The lowest BCUT2D eigenvalue weighted by atomic mass is 9.79. The predicted molar refractivity (Wildman–Crippen MR) is 89.0 cm³/mol. The first kappa shape index (κ1) is 17.5. The van der Waals surface area contributed by atoms with Crippen LogP contribution in [-0.4, -0.2) is 28.8 Å². The van der Waals surface area contributed by atoms with Crippen LogP contribution in [0.4, 0.5) is 0 Å². The summed E-state index contributed by atoms with van der Waals surface area (Å²) in [5.74, 6) is -2.07. The molecule has 0 heterocycles. The molecule has 0 aliphatic rings. The summed E-state index contributed by atoms with van der Waals surface area (Å²) in [6.07, 6.45) is 0.296. The minimum absolute atomic E-state index is 0.0137. The van der Waals surface area contributed by atoms with Gasteiger partial charge in [-0.05, 0) is 30.5 Å². The van der Waals surface area contributed by atoms with Gasteiger partial charge in [0.25, 0.3) is 0 Å². The average molecular weight is 328 g/mol. The van der Waals surface area contributed by atoms with Crippen molar-refractivity contribution in [1.82, 2.24) is 0 Å². The Bertz CT molecular complexity index is 653. The van der Waals surface area contributed by atoms with Crippen LogP contribution in [-0.2, 0) is 16.0 Å². The second-order valence-electron chi connectivity index (χ2n) is 5.59. The highest BCUT2D eigenvalue weighted by molar-refractivity contribution is 5.98. The van der Waals surface area contributed by atoms with Gasteiger partial charge >= 0.3 is 11.9 Å². The van der Waals surface area contributed by atoms with E-state index >= 15 is 0 Å². The number of aryl methyl sites for hydroxylation is 1. The van der Waals surface area contributed by atoms with Crippen molar-refractivity contribution in [1.29, 1.82) is 0 Å². The molecule has 0 aliphatic carbocycles. The summed E-state index contributed by atoms with van der Waals surface area (Å²) in [4.78, 5) is 23.4. The summed E-state index contributed by atoms with van der Waals surface area (Å²) >= 11 is 0. The van der Waals surface area contributed by atoms with Gasteiger partial charge in [-0.2, -0.15) is 0 Å². The lowest BCUT2D eigenvalue weighted by molar-refractivity contribution is -0.166. The molecule has 2 aromatic carbocycles. The molecular weight excluding hydrogens is 308 g/mol. The molecule has 126 valence electrons. The Balaban J connectivity index is 2.05. The van der Waals surface area contributed by atoms with Crippen LogP contribution in [0.2, 0.25) is 0 Å². The summed E-state index contributed by atoms with van der Waals surface area (Å²) in [5.41, 5.74) is -0.946. The largest absolute Gasteiger partial charge is 0.494 e. The fraction of sp³-hybridized carbons (Fsp3) is 0.263. The van der Waals surface area contributed by atoms with Gasteiger partial charge in [-0.25, -0.2) is 0 Å². The van der Waals surface area contributed by atoms with E-state index in [0.29, 0.717) is 12.2 Å². The zero-order valence-corrected chi connectivity index (χ0v) is 13.2. The molecule has 0 radical (unpaired) electrons. The summed E-state index contributed by atoms with van der Waals surface area (Å²) < 4.78 is 5.49. The molecular formula is C19H20O5. The van der Waals surface area contributed by atoms with Crippen LogP contribution in [0, 0.1) is 5.41 Å². The van der Waals surface area contributed by atoms with Crippen molar-refractivity contribution in [2.45, 2.75) is 19.3 Å². The number of rotatable bonds is 9. The Hall–Kier alpha value is -2.82. The minimum atomic E-state index is -1.86. The molecule has 0 atom stereocenters. The molecule has 0 spiro atoms. The Morgan fingerprint density at radius 1 is 0.833 bits per heavy atom. The third kappa shape index (κ3) is 4.35. The van der Waals surface area contributed by atoms with Crippen molar-refractivity contribution in [3.05, 3.63) is 66.2 Å². The van der Waals surface area contributed by atoms with Gasteiger partial charge < -0.3 is 14.9 Å². The zero-order valence-electron chi connectivity index (χ0n) is 13.2. The molecule has 0 amide bonds. The monoisotopic (exact) mass is 328 g/mol. The van der Waals surface area contributed by atoms with Crippen molar-refractivity contribution < 1.29 is 24.5 Å². The highest BCUT2D eigenvalue weighted by Gasteiger charge is 2.46. The molecule has 0 unspecified atom stereocenters. The number of hydrogen-bond acceptors (Lipinski definition) is 3. The van der Waals surface area contributed by atoms with Crippen molar-refractivity contribution in [2.24, 2.45) is 5.41 Å². The molecule has 0 aliphatic heterocycles. The lowest BCUT2D eigenvalue weighted by Crippen LogP contribution is -2.41. The van der Waals surface area contributed by atoms with Gasteiger partial charge in [0.2, 0.25) is 0 Å². The molecule has 0 saturated heterocycles. The van der Waals surface area contributed by atoms with E-state index in [0.717, 1.165) is 5.56 Å². The molecule has 2 N–H and O–H groups in total. The number of benzene rings is 2. The van der Waals surface area contributed by atoms with Gasteiger partial charge in [0.1, 0.15) is 5.75 Å². The van der Waals surface area contributed by atoms with Crippen molar-refractivity contribution in [2.75, 3.05) is 6.61 Å². The van der Waals surface area contributed by atoms with Gasteiger partial charge in [0.05, 0.1) is 6.61 Å². The number of carboxylic acid groups (broad SMARTS) is 2. The summed E-state index contributed by atoms with van der Waals surface area (Å²) in [6, 6.07) is 18.2. The first-order chi connectivity index (χ1) is 11.5. The first-order valence-corrected chi connectivity index (χ1v) is 7.73. The van der Waals surface area contributed by atoms with Gasteiger partial charge in [0.15, 0.2) is 5.41 Å². The predicted octanol–water partition coefficient (Wildman–Crippen LogP) is 3.24. The standard InChI is InChI=1S/C19H20O5/c20-17(21)19(18(22)23,12-11-15-7-3-1-4-8-15)13-14-24-16-9-5-2-6-10-16/h1-10H,11-14H2,(H,20,21)(H,22,23). The smallest absolute Gasteiger partial charge is 0.321 e. The number of hydrogen-bond donors (Lipinski definition) is 2. The van der Waals surface area contributed by atoms with E-state index in [9.17, 15) is 19.8 Å². The maximum atomic E-state index is 11.7. The molecule has 5 heteroatoms. The number of aliphatic carboxylic acids is 2. The van der Waals surface area contributed by atoms with E-state index in [1.807, 2.05) is 36.4 Å². The van der Waals surface area contributed by atoms with E-state index in [1.54, 1.807) is 24.3 Å². The van der Waals surface area contributed by atoms with Crippen LogP contribution in [0.5, 0.6) is 5.75 Å². The SMILES string of the molecule is O=C(O)C(CCOc1ccccc1)(CCc1ccccc1)C(=O)O. The quantitative estimate of drug-likeness (QED) is 0.690. The van der Waals surface area contributed by atoms with Crippen LogP contribution >= 0.6 is 0 Å². The Kier molecular flexibility index (Phi) is 5.95. The summed E-state index contributed by atoms with van der Waals surface area (Å²) in [7, 11) is 0. The number of carboxylic acids is 2. The molecule has 0 fully saturated rings. The molecule has 24 heavy (non-hydrogen) atoms. The molecule has 0 aromatic heterocycles. The second-order valence-corrected chi connectivity index (χ2v) is 5.59. The highest BCUT2D eigenvalue weighted by atomic mass is 16.5. The molecule has 2 rings (SSSR count). The number of carbonyl (C=O) groups is 2.